The summed E-state index contributed by atoms with van der Waals surface area (Å²) in [5, 5.41) is 11.7. The Hall–Kier alpha value is -1.26. The van der Waals surface area contributed by atoms with Crippen molar-refractivity contribution in [2.24, 2.45) is 11.8 Å². The number of hydrogen-bond donors (Lipinski definition) is 2. The maximum absolute atomic E-state index is 12.0. The molecule has 1 saturated carbocycles. The average molecular weight is 284 g/mol. The number of urea groups is 1. The minimum atomic E-state index is -0.875. The molecule has 0 heterocycles. The second kappa shape index (κ2) is 8.12. The fourth-order valence-electron chi connectivity index (χ4n) is 2.75. The molecule has 0 aromatic carbocycles. The van der Waals surface area contributed by atoms with E-state index in [-0.39, 0.29) is 25.0 Å². The molecular formula is C15H28N2O3. The molecule has 116 valence electrons. The highest BCUT2D eigenvalue weighted by Crippen LogP contribution is 2.30. The van der Waals surface area contributed by atoms with Gasteiger partial charge in [0.05, 0.1) is 6.42 Å². The maximum Gasteiger partial charge on any atom is 0.317 e. The van der Waals surface area contributed by atoms with Gasteiger partial charge < -0.3 is 15.3 Å². The van der Waals surface area contributed by atoms with Crippen molar-refractivity contribution in [2.45, 2.75) is 58.4 Å². The fraction of sp³-hybridized carbons (Fsp3) is 0.867. The molecule has 0 aromatic heterocycles. The van der Waals surface area contributed by atoms with Gasteiger partial charge >= 0.3 is 12.0 Å². The molecule has 0 aliphatic heterocycles. The van der Waals surface area contributed by atoms with Gasteiger partial charge in [0.2, 0.25) is 0 Å². The Morgan fingerprint density at radius 2 is 2.05 bits per heavy atom. The van der Waals surface area contributed by atoms with Gasteiger partial charge in [-0.3, -0.25) is 4.79 Å². The lowest BCUT2D eigenvalue weighted by Crippen LogP contribution is -2.45. The lowest BCUT2D eigenvalue weighted by atomic mass is 9.94. The quantitative estimate of drug-likeness (QED) is 0.755. The Morgan fingerprint density at radius 1 is 1.35 bits per heavy atom. The summed E-state index contributed by atoms with van der Waals surface area (Å²) in [7, 11) is 1.65. The van der Waals surface area contributed by atoms with Crippen LogP contribution in [0.3, 0.4) is 0 Å². The van der Waals surface area contributed by atoms with Crippen molar-refractivity contribution in [1.29, 1.82) is 0 Å². The Labute approximate surface area is 121 Å². The second-order valence-electron chi connectivity index (χ2n) is 6.28. The van der Waals surface area contributed by atoms with E-state index in [1.54, 1.807) is 7.05 Å². The summed E-state index contributed by atoms with van der Waals surface area (Å²) in [6.07, 6.45) is 5.77. The van der Waals surface area contributed by atoms with Crippen molar-refractivity contribution in [1.82, 2.24) is 10.2 Å². The zero-order valence-electron chi connectivity index (χ0n) is 12.9. The first kappa shape index (κ1) is 16.8. The van der Waals surface area contributed by atoms with Crippen LogP contribution in [0.2, 0.25) is 0 Å². The van der Waals surface area contributed by atoms with Gasteiger partial charge in [0.25, 0.3) is 0 Å². The normalized spacial score (nSPS) is 22.0. The lowest BCUT2D eigenvalue weighted by molar-refractivity contribution is -0.137. The third-order valence-corrected chi connectivity index (χ3v) is 4.09. The van der Waals surface area contributed by atoms with Crippen molar-refractivity contribution < 1.29 is 14.7 Å². The first-order valence-electron chi connectivity index (χ1n) is 7.63. The van der Waals surface area contributed by atoms with Crippen LogP contribution in [0.1, 0.15) is 52.4 Å². The van der Waals surface area contributed by atoms with Gasteiger partial charge in [0.15, 0.2) is 0 Å². The first-order valence-corrected chi connectivity index (χ1v) is 7.63. The van der Waals surface area contributed by atoms with Gasteiger partial charge in [0.1, 0.15) is 0 Å². The molecule has 5 heteroatoms. The third kappa shape index (κ3) is 5.80. The summed E-state index contributed by atoms with van der Waals surface area (Å²) in [5.41, 5.74) is 0. The third-order valence-electron chi connectivity index (χ3n) is 4.09. The van der Waals surface area contributed by atoms with Crippen LogP contribution in [0.25, 0.3) is 0 Å². The molecule has 1 aliphatic rings. The van der Waals surface area contributed by atoms with Crippen molar-refractivity contribution in [3.05, 3.63) is 0 Å². The molecule has 2 amide bonds. The summed E-state index contributed by atoms with van der Waals surface area (Å²) in [4.78, 5) is 24.0. The largest absolute Gasteiger partial charge is 0.481 e. The topological polar surface area (TPSA) is 69.6 Å². The lowest BCUT2D eigenvalue weighted by Gasteiger charge is -2.25. The highest BCUT2D eigenvalue weighted by atomic mass is 16.4. The number of amides is 2. The zero-order valence-corrected chi connectivity index (χ0v) is 12.9. The van der Waals surface area contributed by atoms with E-state index in [0.29, 0.717) is 11.8 Å². The molecular weight excluding hydrogens is 256 g/mol. The van der Waals surface area contributed by atoms with Crippen molar-refractivity contribution >= 4 is 12.0 Å². The van der Waals surface area contributed by atoms with Crippen LogP contribution in [-0.2, 0) is 4.79 Å². The smallest absolute Gasteiger partial charge is 0.317 e. The van der Waals surface area contributed by atoms with E-state index in [1.165, 1.54) is 30.6 Å². The van der Waals surface area contributed by atoms with Gasteiger partial charge in [-0.25, -0.2) is 4.79 Å². The molecule has 2 N–H and O–H groups in total. The number of nitrogens with zero attached hydrogens (tertiary/aromatic N) is 1. The number of nitrogens with one attached hydrogen (secondary N) is 1. The molecule has 2 unspecified atom stereocenters. The number of hydrogen-bond acceptors (Lipinski definition) is 2. The Bertz CT molecular complexity index is 331. The standard InChI is InChI=1S/C15H28N2O3/c1-11(2)7-8-12-5-4-6-13(12)16-15(20)17(3)10-9-14(18)19/h11-13H,4-10H2,1-3H3,(H,16,20)(H,18,19). The van der Waals surface area contributed by atoms with E-state index in [9.17, 15) is 9.59 Å². The van der Waals surface area contributed by atoms with Crippen LogP contribution in [0.4, 0.5) is 4.79 Å². The van der Waals surface area contributed by atoms with Gasteiger partial charge in [0, 0.05) is 19.6 Å². The summed E-state index contributed by atoms with van der Waals surface area (Å²) < 4.78 is 0. The number of rotatable bonds is 7. The van der Waals surface area contributed by atoms with E-state index in [0.717, 1.165) is 6.42 Å². The number of carbonyl (C=O) groups excluding carboxylic acids is 1. The number of carboxylic acids is 1. The SMILES string of the molecule is CC(C)CCC1CCCC1NC(=O)N(C)CCC(=O)O. The van der Waals surface area contributed by atoms with Crippen LogP contribution < -0.4 is 5.32 Å². The number of carbonyl (C=O) groups is 2. The molecule has 20 heavy (non-hydrogen) atoms. The Morgan fingerprint density at radius 3 is 2.65 bits per heavy atom. The molecule has 0 saturated heterocycles. The van der Waals surface area contributed by atoms with Crippen LogP contribution in [0.15, 0.2) is 0 Å². The van der Waals surface area contributed by atoms with E-state index in [1.807, 2.05) is 0 Å². The Kier molecular flexibility index (Phi) is 6.82. The summed E-state index contributed by atoms with van der Waals surface area (Å²) in [6.45, 7) is 4.70. The molecule has 0 spiro atoms. The molecule has 0 bridgehead atoms. The molecule has 0 radical (unpaired) electrons. The predicted molar refractivity (Wildman–Crippen MR) is 78.6 cm³/mol. The molecule has 5 nitrogen and oxygen atoms in total. The molecule has 2 atom stereocenters. The molecule has 0 aromatic rings. The average Bonchev–Trinajstić information content (AvgIpc) is 2.80. The van der Waals surface area contributed by atoms with Gasteiger partial charge in [-0.2, -0.15) is 0 Å². The molecule has 1 fully saturated rings. The molecule has 1 rings (SSSR count). The predicted octanol–water partition coefficient (Wildman–Crippen LogP) is 2.71. The minimum absolute atomic E-state index is 0.00857. The monoisotopic (exact) mass is 284 g/mol. The van der Waals surface area contributed by atoms with Crippen LogP contribution >= 0.6 is 0 Å². The van der Waals surface area contributed by atoms with Crippen LogP contribution in [0, 0.1) is 11.8 Å². The van der Waals surface area contributed by atoms with Crippen molar-refractivity contribution in [3.8, 4) is 0 Å². The highest BCUT2D eigenvalue weighted by molar-refractivity contribution is 5.75. The highest BCUT2D eigenvalue weighted by Gasteiger charge is 2.29. The van der Waals surface area contributed by atoms with Crippen LogP contribution in [-0.4, -0.2) is 41.6 Å². The van der Waals surface area contributed by atoms with E-state index in [4.69, 9.17) is 5.11 Å². The fourth-order valence-corrected chi connectivity index (χ4v) is 2.75. The van der Waals surface area contributed by atoms with Gasteiger partial charge in [-0.05, 0) is 31.1 Å². The van der Waals surface area contributed by atoms with Crippen LogP contribution in [0.5, 0.6) is 0 Å². The number of aliphatic carboxylic acids is 1. The summed E-state index contributed by atoms with van der Waals surface area (Å²) >= 11 is 0. The van der Waals surface area contributed by atoms with E-state index in [2.05, 4.69) is 19.2 Å². The van der Waals surface area contributed by atoms with Crippen molar-refractivity contribution in [3.63, 3.8) is 0 Å². The van der Waals surface area contributed by atoms with E-state index >= 15 is 0 Å². The summed E-state index contributed by atoms with van der Waals surface area (Å²) in [5.74, 6) is 0.403. The second-order valence-corrected chi connectivity index (χ2v) is 6.28. The minimum Gasteiger partial charge on any atom is -0.481 e. The first-order chi connectivity index (χ1) is 9.40. The van der Waals surface area contributed by atoms with Gasteiger partial charge in [-0.1, -0.05) is 26.7 Å². The summed E-state index contributed by atoms with van der Waals surface area (Å²) in [6, 6.07) is 0.112. The Balaban J connectivity index is 2.37. The van der Waals surface area contributed by atoms with E-state index < -0.39 is 5.97 Å². The van der Waals surface area contributed by atoms with Gasteiger partial charge in [-0.15, -0.1) is 0 Å². The molecule has 1 aliphatic carbocycles. The number of carboxylic acid groups (broad SMARTS) is 1. The maximum atomic E-state index is 12.0. The van der Waals surface area contributed by atoms with Crippen molar-refractivity contribution in [2.75, 3.05) is 13.6 Å². The zero-order chi connectivity index (χ0) is 15.1.